The summed E-state index contributed by atoms with van der Waals surface area (Å²) in [6, 6.07) is 8.36. The number of nitrogens with zero attached hydrogens (tertiary/aromatic N) is 2. The summed E-state index contributed by atoms with van der Waals surface area (Å²) >= 11 is 6.13. The number of hydrazone groups is 1. The molecule has 2 bridgehead atoms. The first-order valence-corrected chi connectivity index (χ1v) is 11.5. The minimum Gasteiger partial charge on any atom is -0.462 e. The molecule has 2 aromatic rings. The Morgan fingerprint density at radius 1 is 1.15 bits per heavy atom. The van der Waals surface area contributed by atoms with Gasteiger partial charge in [-0.15, -0.1) is 0 Å². The average molecular weight is 465 g/mol. The Morgan fingerprint density at radius 3 is 2.52 bits per heavy atom. The van der Waals surface area contributed by atoms with Gasteiger partial charge in [-0.1, -0.05) is 23.8 Å². The highest BCUT2D eigenvalue weighted by Crippen LogP contribution is 2.65. The van der Waals surface area contributed by atoms with Crippen LogP contribution in [0.3, 0.4) is 0 Å². The van der Waals surface area contributed by atoms with Crippen LogP contribution in [-0.2, 0) is 14.3 Å². The minimum atomic E-state index is -0.508. The lowest BCUT2D eigenvalue weighted by Crippen LogP contribution is -2.40. The molecule has 0 unspecified atom stereocenters. The summed E-state index contributed by atoms with van der Waals surface area (Å²) in [5, 5.41) is 5.52. The molecule has 1 saturated heterocycles. The summed E-state index contributed by atoms with van der Waals surface area (Å²) in [6.07, 6.45) is 6.77. The Hall–Kier alpha value is -3.19. The molecular formula is C25H21ClN2O5. The lowest BCUT2D eigenvalue weighted by Gasteiger charge is -2.37. The van der Waals surface area contributed by atoms with Gasteiger partial charge in [0.15, 0.2) is 0 Å². The third-order valence-electron chi connectivity index (χ3n) is 7.31. The zero-order valence-corrected chi connectivity index (χ0v) is 18.6. The molecule has 3 fully saturated rings. The first-order chi connectivity index (χ1) is 16.0. The molecule has 8 heteroatoms. The maximum atomic E-state index is 13.0. The van der Waals surface area contributed by atoms with Crippen molar-refractivity contribution in [2.45, 2.75) is 13.3 Å². The van der Waals surface area contributed by atoms with E-state index in [0.29, 0.717) is 33.9 Å². The van der Waals surface area contributed by atoms with Gasteiger partial charge >= 0.3 is 5.97 Å². The number of hydrogen-bond donors (Lipinski definition) is 0. The van der Waals surface area contributed by atoms with E-state index in [2.05, 4.69) is 17.3 Å². The Bertz CT molecular complexity index is 1210. The average Bonchev–Trinajstić information content (AvgIpc) is 3.45. The fourth-order valence-electron chi connectivity index (χ4n) is 5.79. The molecule has 2 amide bonds. The van der Waals surface area contributed by atoms with Crippen LogP contribution in [0.25, 0.3) is 11.3 Å². The quantitative estimate of drug-likeness (QED) is 0.287. The van der Waals surface area contributed by atoms with Crippen LogP contribution < -0.4 is 0 Å². The molecule has 168 valence electrons. The van der Waals surface area contributed by atoms with Crippen LogP contribution in [-0.4, -0.2) is 35.6 Å². The fraction of sp³-hybridized carbons (Fsp3) is 0.360. The smallest absolute Gasteiger partial charge is 0.339 e. The van der Waals surface area contributed by atoms with Gasteiger partial charge in [0, 0.05) is 5.56 Å². The van der Waals surface area contributed by atoms with Gasteiger partial charge in [-0.2, -0.15) is 10.1 Å². The molecule has 4 aliphatic carbocycles. The Kier molecular flexibility index (Phi) is 4.59. The summed E-state index contributed by atoms with van der Waals surface area (Å²) in [5.41, 5.74) is 0.892. The third-order valence-corrected chi connectivity index (χ3v) is 7.64. The maximum absolute atomic E-state index is 13.0. The number of carbonyl (C=O) groups excluding carboxylic acids is 3. The van der Waals surface area contributed by atoms with Gasteiger partial charge < -0.3 is 9.15 Å². The zero-order chi connectivity index (χ0) is 22.9. The normalized spacial score (nSPS) is 31.3. The first-order valence-electron chi connectivity index (χ1n) is 11.1. The highest BCUT2D eigenvalue weighted by molar-refractivity contribution is 6.33. The Labute approximate surface area is 195 Å². The van der Waals surface area contributed by atoms with Gasteiger partial charge in [-0.05, 0) is 67.3 Å². The third kappa shape index (κ3) is 3.09. The van der Waals surface area contributed by atoms with Crippen LogP contribution in [0.5, 0.6) is 0 Å². The monoisotopic (exact) mass is 464 g/mol. The minimum absolute atomic E-state index is 0.162. The van der Waals surface area contributed by atoms with Crippen LogP contribution in [0.15, 0.2) is 52.0 Å². The van der Waals surface area contributed by atoms with Crippen molar-refractivity contribution in [1.29, 1.82) is 0 Å². The topological polar surface area (TPSA) is 89.2 Å². The van der Waals surface area contributed by atoms with Crippen molar-refractivity contribution in [2.24, 2.45) is 40.6 Å². The fourth-order valence-corrected chi connectivity index (χ4v) is 5.99. The number of halogens is 1. The van der Waals surface area contributed by atoms with Crippen LogP contribution in [0.2, 0.25) is 5.02 Å². The van der Waals surface area contributed by atoms with Crippen LogP contribution in [0.4, 0.5) is 0 Å². The summed E-state index contributed by atoms with van der Waals surface area (Å²) in [6.45, 7) is 1.97. The summed E-state index contributed by atoms with van der Waals surface area (Å²) in [5.74, 6) is 0.806. The van der Waals surface area contributed by atoms with Crippen LogP contribution in [0, 0.1) is 35.5 Å². The van der Waals surface area contributed by atoms with Crippen LogP contribution in [0.1, 0.15) is 29.5 Å². The molecule has 7 nitrogen and oxygen atoms in total. The van der Waals surface area contributed by atoms with Crippen molar-refractivity contribution in [3.8, 4) is 11.3 Å². The second kappa shape index (κ2) is 7.42. The van der Waals surface area contributed by atoms with Gasteiger partial charge in [0.25, 0.3) is 11.8 Å². The standard InChI is InChI=1S/C25H21ClN2O5/c1-2-32-25(31)18-9-12(3-7-19(18)26)20-8-4-13(33-20)11-27-28-23(29)21-14-5-6-15(17-10-16(14)17)22(21)24(28)30/h3-9,11,14-17,21-22H,2,10H2,1H3/b27-11-/t14-,15-,16-,17-,21-,22+/m1/s1. The molecule has 1 aromatic heterocycles. The van der Waals surface area contributed by atoms with E-state index in [-0.39, 0.29) is 47.7 Å². The van der Waals surface area contributed by atoms with Crippen molar-refractivity contribution < 1.29 is 23.5 Å². The summed E-state index contributed by atoms with van der Waals surface area (Å²) in [7, 11) is 0. The first kappa shape index (κ1) is 20.4. The van der Waals surface area contributed by atoms with Crippen LogP contribution >= 0.6 is 11.6 Å². The molecule has 0 radical (unpaired) electrons. The number of hydrogen-bond acceptors (Lipinski definition) is 6. The summed E-state index contributed by atoms with van der Waals surface area (Å²) < 4.78 is 10.9. The molecule has 33 heavy (non-hydrogen) atoms. The van der Waals surface area contributed by atoms with Crippen molar-refractivity contribution in [3.05, 3.63) is 58.8 Å². The number of allylic oxidation sites excluding steroid dienone is 2. The highest BCUT2D eigenvalue weighted by Gasteiger charge is 2.67. The predicted molar refractivity (Wildman–Crippen MR) is 119 cm³/mol. The molecule has 2 heterocycles. The molecule has 0 N–H and O–H groups in total. The van der Waals surface area contributed by atoms with Gasteiger partial charge in [0.2, 0.25) is 0 Å². The van der Waals surface area contributed by atoms with Crippen molar-refractivity contribution in [2.75, 3.05) is 6.61 Å². The molecule has 6 atom stereocenters. The van der Waals surface area contributed by atoms with E-state index in [1.54, 1.807) is 37.3 Å². The number of rotatable bonds is 5. The number of ether oxygens (including phenoxy) is 1. The number of furan rings is 1. The van der Waals surface area contributed by atoms with Crippen molar-refractivity contribution >= 4 is 35.6 Å². The second-order valence-corrected chi connectivity index (χ2v) is 9.41. The summed E-state index contributed by atoms with van der Waals surface area (Å²) in [4.78, 5) is 38.1. The van der Waals surface area contributed by atoms with Gasteiger partial charge in [0.05, 0.1) is 35.2 Å². The molecule has 5 aliphatic rings. The van der Waals surface area contributed by atoms with E-state index >= 15 is 0 Å². The van der Waals surface area contributed by atoms with Gasteiger partial charge in [-0.3, -0.25) is 9.59 Å². The van der Waals surface area contributed by atoms with E-state index < -0.39 is 5.97 Å². The Balaban J connectivity index is 1.22. The predicted octanol–water partition coefficient (Wildman–Crippen LogP) is 4.16. The van der Waals surface area contributed by atoms with E-state index in [1.165, 1.54) is 6.21 Å². The molecule has 1 aromatic carbocycles. The zero-order valence-electron chi connectivity index (χ0n) is 17.8. The second-order valence-electron chi connectivity index (χ2n) is 9.00. The van der Waals surface area contributed by atoms with Crippen molar-refractivity contribution in [1.82, 2.24) is 5.01 Å². The van der Waals surface area contributed by atoms with E-state index in [4.69, 9.17) is 20.8 Å². The number of carbonyl (C=O) groups is 3. The molecule has 1 aliphatic heterocycles. The lowest BCUT2D eigenvalue weighted by molar-refractivity contribution is -0.140. The number of esters is 1. The Morgan fingerprint density at radius 2 is 1.85 bits per heavy atom. The highest BCUT2D eigenvalue weighted by atomic mass is 35.5. The molecule has 0 spiro atoms. The molecule has 2 saturated carbocycles. The maximum Gasteiger partial charge on any atom is 0.339 e. The van der Waals surface area contributed by atoms with E-state index in [1.807, 2.05) is 0 Å². The lowest BCUT2D eigenvalue weighted by atomic mass is 9.63. The number of amides is 2. The number of imide groups is 1. The largest absolute Gasteiger partial charge is 0.462 e. The van der Waals surface area contributed by atoms with E-state index in [0.717, 1.165) is 11.4 Å². The van der Waals surface area contributed by atoms with E-state index in [9.17, 15) is 14.4 Å². The number of benzene rings is 1. The molecule has 7 rings (SSSR count). The van der Waals surface area contributed by atoms with Gasteiger partial charge in [0.1, 0.15) is 11.5 Å². The van der Waals surface area contributed by atoms with Crippen molar-refractivity contribution in [3.63, 3.8) is 0 Å². The SMILES string of the molecule is CCOC(=O)c1cc(-c2ccc(/C=N\N3C(=O)[C@@H]4[C@@H]5C=C[C@H]([C@H]6C[C@H]56)[C@@H]4C3=O)o2)ccc1Cl. The molecular weight excluding hydrogens is 444 g/mol. The van der Waals surface area contributed by atoms with Gasteiger partial charge in [-0.25, -0.2) is 4.79 Å².